The average Bonchev–Trinajstić information content (AvgIpc) is 2.79. The maximum absolute atomic E-state index is 5.73. The summed E-state index contributed by atoms with van der Waals surface area (Å²) in [7, 11) is 0. The summed E-state index contributed by atoms with van der Waals surface area (Å²) in [5, 5.41) is 3.67. The third kappa shape index (κ3) is 3.13. The fourth-order valence-corrected chi connectivity index (χ4v) is 2.75. The Morgan fingerprint density at radius 1 is 1.10 bits per heavy atom. The molecule has 2 rings (SSSR count). The summed E-state index contributed by atoms with van der Waals surface area (Å²) in [5.41, 5.74) is 4.03. The van der Waals surface area contributed by atoms with Gasteiger partial charge in [0.25, 0.3) is 0 Å². The van der Waals surface area contributed by atoms with Gasteiger partial charge in [-0.05, 0) is 50.4 Å². The van der Waals surface area contributed by atoms with Crippen molar-refractivity contribution in [2.45, 2.75) is 46.6 Å². The Morgan fingerprint density at radius 3 is 2.45 bits per heavy atom. The maximum atomic E-state index is 5.73. The van der Waals surface area contributed by atoms with Crippen LogP contribution in [-0.2, 0) is 6.42 Å². The lowest BCUT2D eigenvalue weighted by atomic mass is 9.93. The maximum Gasteiger partial charge on any atom is 0.106 e. The van der Waals surface area contributed by atoms with Crippen LogP contribution in [0.5, 0.6) is 0 Å². The molecule has 1 heterocycles. The smallest absolute Gasteiger partial charge is 0.106 e. The van der Waals surface area contributed by atoms with Crippen molar-refractivity contribution < 1.29 is 4.42 Å². The number of furan rings is 1. The predicted molar refractivity (Wildman–Crippen MR) is 84.1 cm³/mol. The second-order valence-corrected chi connectivity index (χ2v) is 5.31. The Hall–Kier alpha value is -1.54. The minimum atomic E-state index is 0.226. The molecule has 1 atom stereocenters. The van der Waals surface area contributed by atoms with Crippen molar-refractivity contribution >= 4 is 0 Å². The topological polar surface area (TPSA) is 25.2 Å². The van der Waals surface area contributed by atoms with Crippen molar-refractivity contribution in [3.05, 3.63) is 58.5 Å². The second kappa shape index (κ2) is 6.76. The summed E-state index contributed by atoms with van der Waals surface area (Å²) in [5.74, 6) is 2.00. The minimum Gasteiger partial charge on any atom is -0.466 e. The van der Waals surface area contributed by atoms with Gasteiger partial charge in [0.05, 0.1) is 6.04 Å². The normalized spacial score (nSPS) is 12.6. The number of aryl methyl sites for hydroxylation is 3. The largest absolute Gasteiger partial charge is 0.466 e. The van der Waals surface area contributed by atoms with E-state index in [4.69, 9.17) is 4.42 Å². The zero-order valence-corrected chi connectivity index (χ0v) is 13.0. The molecule has 0 aliphatic carbocycles. The quantitative estimate of drug-likeness (QED) is 0.834. The molecule has 0 fully saturated rings. The van der Waals surface area contributed by atoms with Crippen molar-refractivity contribution in [2.24, 2.45) is 0 Å². The van der Waals surface area contributed by atoms with E-state index in [0.29, 0.717) is 0 Å². The van der Waals surface area contributed by atoms with Crippen LogP contribution in [0.1, 0.15) is 54.5 Å². The first-order valence-electron chi connectivity index (χ1n) is 7.55. The van der Waals surface area contributed by atoms with Crippen molar-refractivity contribution in [2.75, 3.05) is 6.54 Å². The molecule has 108 valence electrons. The van der Waals surface area contributed by atoms with E-state index in [1.807, 2.05) is 6.92 Å². The number of hydrogen-bond donors (Lipinski definition) is 1. The van der Waals surface area contributed by atoms with Gasteiger partial charge in [0.2, 0.25) is 0 Å². The molecule has 2 nitrogen and oxygen atoms in total. The summed E-state index contributed by atoms with van der Waals surface area (Å²) in [6, 6.07) is 11.1. The molecule has 0 radical (unpaired) electrons. The highest BCUT2D eigenvalue weighted by molar-refractivity contribution is 5.39. The third-order valence-electron chi connectivity index (χ3n) is 3.74. The monoisotopic (exact) mass is 271 g/mol. The van der Waals surface area contributed by atoms with Gasteiger partial charge in [0, 0.05) is 5.56 Å². The molecule has 0 saturated heterocycles. The van der Waals surface area contributed by atoms with Crippen LogP contribution in [0.25, 0.3) is 0 Å². The van der Waals surface area contributed by atoms with E-state index in [9.17, 15) is 0 Å². The molecule has 2 heteroatoms. The van der Waals surface area contributed by atoms with Gasteiger partial charge >= 0.3 is 0 Å². The minimum absolute atomic E-state index is 0.226. The van der Waals surface area contributed by atoms with Crippen LogP contribution in [0.15, 0.2) is 34.7 Å². The highest BCUT2D eigenvalue weighted by Crippen LogP contribution is 2.29. The van der Waals surface area contributed by atoms with Crippen LogP contribution < -0.4 is 5.32 Å². The fourth-order valence-electron chi connectivity index (χ4n) is 2.75. The van der Waals surface area contributed by atoms with E-state index in [2.05, 4.69) is 56.4 Å². The third-order valence-corrected chi connectivity index (χ3v) is 3.74. The van der Waals surface area contributed by atoms with Crippen molar-refractivity contribution in [3.63, 3.8) is 0 Å². The van der Waals surface area contributed by atoms with Gasteiger partial charge in [-0.3, -0.25) is 0 Å². The van der Waals surface area contributed by atoms with Gasteiger partial charge in [-0.15, -0.1) is 0 Å². The highest BCUT2D eigenvalue weighted by atomic mass is 16.3. The Balaban J connectivity index is 2.44. The molecule has 2 aromatic rings. The van der Waals surface area contributed by atoms with Crippen molar-refractivity contribution in [3.8, 4) is 0 Å². The Bertz CT molecular complexity index is 556. The Morgan fingerprint density at radius 2 is 1.85 bits per heavy atom. The molecular formula is C18H25NO. The van der Waals surface area contributed by atoms with Crippen LogP contribution in [0.4, 0.5) is 0 Å². The van der Waals surface area contributed by atoms with Gasteiger partial charge in [-0.25, -0.2) is 0 Å². The van der Waals surface area contributed by atoms with E-state index in [-0.39, 0.29) is 6.04 Å². The first-order valence-corrected chi connectivity index (χ1v) is 7.55. The molecule has 1 unspecified atom stereocenters. The lowest BCUT2D eigenvalue weighted by Gasteiger charge is -2.21. The lowest BCUT2D eigenvalue weighted by molar-refractivity contribution is 0.493. The van der Waals surface area contributed by atoms with Crippen LogP contribution >= 0.6 is 0 Å². The zero-order valence-electron chi connectivity index (χ0n) is 13.0. The van der Waals surface area contributed by atoms with Gasteiger partial charge < -0.3 is 9.73 Å². The van der Waals surface area contributed by atoms with E-state index in [1.165, 1.54) is 16.7 Å². The van der Waals surface area contributed by atoms with Gasteiger partial charge in [0.1, 0.15) is 11.5 Å². The summed E-state index contributed by atoms with van der Waals surface area (Å²) in [6.45, 7) is 9.48. The number of hydrogen-bond acceptors (Lipinski definition) is 2. The Labute approximate surface area is 122 Å². The first-order chi connectivity index (χ1) is 9.67. The van der Waals surface area contributed by atoms with E-state index >= 15 is 0 Å². The molecule has 1 aromatic carbocycles. The number of rotatable bonds is 6. The Kier molecular flexibility index (Phi) is 5.02. The standard InChI is InChI=1S/C18H25NO/c1-5-11-19-18(17-12-13(3)20-14(17)4)16-10-8-7-9-15(16)6-2/h7-10,12,18-19H,5-6,11H2,1-4H3. The predicted octanol–water partition coefficient (Wildman–Crippen LogP) is 4.55. The van der Waals surface area contributed by atoms with Crippen LogP contribution in [-0.4, -0.2) is 6.54 Å². The summed E-state index contributed by atoms with van der Waals surface area (Å²) in [4.78, 5) is 0. The molecule has 1 N–H and O–H groups in total. The highest BCUT2D eigenvalue weighted by Gasteiger charge is 2.20. The molecule has 0 saturated carbocycles. The molecular weight excluding hydrogens is 246 g/mol. The lowest BCUT2D eigenvalue weighted by Crippen LogP contribution is -2.24. The van der Waals surface area contributed by atoms with E-state index < -0.39 is 0 Å². The van der Waals surface area contributed by atoms with Crippen LogP contribution in [0.3, 0.4) is 0 Å². The van der Waals surface area contributed by atoms with Crippen LogP contribution in [0, 0.1) is 13.8 Å². The summed E-state index contributed by atoms with van der Waals surface area (Å²) >= 11 is 0. The summed E-state index contributed by atoms with van der Waals surface area (Å²) in [6.07, 6.45) is 2.18. The van der Waals surface area contributed by atoms with E-state index in [0.717, 1.165) is 30.9 Å². The van der Waals surface area contributed by atoms with Crippen molar-refractivity contribution in [1.29, 1.82) is 0 Å². The zero-order chi connectivity index (χ0) is 14.5. The molecule has 0 aliphatic rings. The number of nitrogens with one attached hydrogen (secondary N) is 1. The van der Waals surface area contributed by atoms with Gasteiger partial charge in [-0.2, -0.15) is 0 Å². The van der Waals surface area contributed by atoms with E-state index in [1.54, 1.807) is 0 Å². The fraction of sp³-hybridized carbons (Fsp3) is 0.444. The molecule has 0 aliphatic heterocycles. The molecule has 20 heavy (non-hydrogen) atoms. The SMILES string of the molecule is CCCNC(c1ccccc1CC)c1cc(C)oc1C. The molecule has 1 aromatic heterocycles. The van der Waals surface area contributed by atoms with Gasteiger partial charge in [-0.1, -0.05) is 38.1 Å². The summed E-state index contributed by atoms with van der Waals surface area (Å²) < 4.78 is 5.73. The molecule has 0 spiro atoms. The first kappa shape index (κ1) is 14.9. The second-order valence-electron chi connectivity index (χ2n) is 5.31. The van der Waals surface area contributed by atoms with Gasteiger partial charge in [0.15, 0.2) is 0 Å². The molecule has 0 bridgehead atoms. The van der Waals surface area contributed by atoms with Crippen molar-refractivity contribution in [1.82, 2.24) is 5.32 Å². The molecule has 0 amide bonds. The van der Waals surface area contributed by atoms with Crippen LogP contribution in [0.2, 0.25) is 0 Å². The number of benzene rings is 1. The average molecular weight is 271 g/mol.